The van der Waals surface area contributed by atoms with E-state index in [1.54, 1.807) is 30.4 Å². The number of hydrogen-bond acceptors (Lipinski definition) is 12. The monoisotopic (exact) mass is 564 g/mol. The van der Waals surface area contributed by atoms with Gasteiger partial charge in [0.15, 0.2) is 29.3 Å². The minimum absolute atomic E-state index is 0.00389. The standard InChI is InChI=1S/C28H36O12/c1-34-18-9-14(6-5-7-38-28-24(33)23(32)22(31)21(13-30)39-28)8-16-17(12-29)25(40-26(16)18)15-10-19(35-2)27(37-4)20(11-15)36-3/h5-6,8-11,17,21-25,28-33H,7,12-13H2,1-4H3/b6-5+/t17-,21-,22-,23+,24-,25+,28-/m1/s1. The highest BCUT2D eigenvalue weighted by Gasteiger charge is 2.44. The van der Waals surface area contributed by atoms with Gasteiger partial charge in [0.2, 0.25) is 5.75 Å². The quantitative estimate of drug-likeness (QED) is 0.261. The molecule has 2 aliphatic heterocycles. The summed E-state index contributed by atoms with van der Waals surface area (Å²) in [7, 11) is 6.10. The van der Waals surface area contributed by atoms with Gasteiger partial charge in [0.25, 0.3) is 0 Å². The van der Waals surface area contributed by atoms with Gasteiger partial charge >= 0.3 is 0 Å². The maximum Gasteiger partial charge on any atom is 0.203 e. The Morgan fingerprint density at radius 2 is 1.48 bits per heavy atom. The van der Waals surface area contributed by atoms with Crippen molar-refractivity contribution in [1.82, 2.24) is 0 Å². The maximum absolute atomic E-state index is 10.4. The summed E-state index contributed by atoms with van der Waals surface area (Å²) in [6.07, 6.45) is -3.88. The molecular formula is C28H36O12. The molecule has 2 heterocycles. The molecule has 0 spiro atoms. The van der Waals surface area contributed by atoms with Crippen LogP contribution in [0.15, 0.2) is 30.3 Å². The van der Waals surface area contributed by atoms with Crippen molar-refractivity contribution in [3.63, 3.8) is 0 Å². The third-order valence-corrected chi connectivity index (χ3v) is 7.06. The normalized spacial score (nSPS) is 27.8. The summed E-state index contributed by atoms with van der Waals surface area (Å²) in [4.78, 5) is 0. The third kappa shape index (κ3) is 5.70. The molecule has 2 aromatic carbocycles. The van der Waals surface area contributed by atoms with Crippen LogP contribution in [-0.4, -0.2) is 104 Å². The summed E-state index contributed by atoms with van der Waals surface area (Å²) in [6.45, 7) is -0.748. The van der Waals surface area contributed by atoms with E-state index < -0.39 is 49.3 Å². The Kier molecular flexibility index (Phi) is 9.74. The molecule has 2 aromatic rings. The number of ether oxygens (including phenoxy) is 7. The van der Waals surface area contributed by atoms with Gasteiger partial charge in [-0.15, -0.1) is 0 Å². The van der Waals surface area contributed by atoms with Crippen LogP contribution in [0.25, 0.3) is 6.08 Å². The Bertz CT molecular complexity index is 1160. The average Bonchev–Trinajstić information content (AvgIpc) is 3.36. The van der Waals surface area contributed by atoms with Gasteiger partial charge in [-0.3, -0.25) is 0 Å². The van der Waals surface area contributed by atoms with E-state index in [1.165, 1.54) is 28.4 Å². The zero-order valence-corrected chi connectivity index (χ0v) is 22.7. The van der Waals surface area contributed by atoms with E-state index in [9.17, 15) is 25.5 Å². The molecule has 5 N–H and O–H groups in total. The predicted octanol–water partition coefficient (Wildman–Crippen LogP) is 0.760. The first-order valence-corrected chi connectivity index (χ1v) is 12.7. The largest absolute Gasteiger partial charge is 0.493 e. The van der Waals surface area contributed by atoms with Crippen LogP contribution in [-0.2, 0) is 9.47 Å². The molecule has 7 atom stereocenters. The van der Waals surface area contributed by atoms with Crippen molar-refractivity contribution >= 4 is 6.08 Å². The van der Waals surface area contributed by atoms with E-state index in [1.807, 2.05) is 6.07 Å². The van der Waals surface area contributed by atoms with E-state index in [4.69, 9.17) is 33.2 Å². The first kappa shape index (κ1) is 29.9. The van der Waals surface area contributed by atoms with Crippen LogP contribution in [0.1, 0.15) is 28.7 Å². The molecule has 4 rings (SSSR count). The van der Waals surface area contributed by atoms with Crippen LogP contribution >= 0.6 is 0 Å². The van der Waals surface area contributed by atoms with Crippen molar-refractivity contribution in [2.24, 2.45) is 0 Å². The van der Waals surface area contributed by atoms with Crippen molar-refractivity contribution in [2.75, 3.05) is 48.3 Å². The highest BCUT2D eigenvalue weighted by atomic mass is 16.7. The highest BCUT2D eigenvalue weighted by Crippen LogP contribution is 2.52. The number of benzene rings is 2. The number of hydrogen-bond donors (Lipinski definition) is 5. The molecule has 0 amide bonds. The van der Waals surface area contributed by atoms with E-state index >= 15 is 0 Å². The fourth-order valence-electron chi connectivity index (χ4n) is 4.97. The first-order chi connectivity index (χ1) is 19.3. The van der Waals surface area contributed by atoms with E-state index in [0.29, 0.717) is 28.7 Å². The SMILES string of the molecule is COc1cc([C@@H]2Oc3c(OC)cc(/C=C/CO[C@@H]4O[C@H](CO)[C@@H](O)[C@H](O)[C@H]4O)cc3[C@H]2CO)cc(OC)c1OC. The number of aliphatic hydroxyl groups is 5. The van der Waals surface area contributed by atoms with Gasteiger partial charge in [0.05, 0.1) is 54.2 Å². The van der Waals surface area contributed by atoms with Gasteiger partial charge in [-0.05, 0) is 29.8 Å². The molecule has 0 radical (unpaired) electrons. The molecule has 0 bridgehead atoms. The molecule has 2 aliphatic rings. The molecule has 1 saturated heterocycles. The van der Waals surface area contributed by atoms with Crippen LogP contribution in [0.3, 0.4) is 0 Å². The van der Waals surface area contributed by atoms with Crippen LogP contribution in [0.2, 0.25) is 0 Å². The van der Waals surface area contributed by atoms with Crippen molar-refractivity contribution in [1.29, 1.82) is 0 Å². The minimum atomic E-state index is -1.52. The number of methoxy groups -OCH3 is 4. The Balaban J connectivity index is 1.54. The summed E-state index contributed by atoms with van der Waals surface area (Å²) in [5.74, 6) is 1.92. The fraction of sp³-hybridized carbons (Fsp3) is 0.500. The molecule has 1 fully saturated rings. The lowest BCUT2D eigenvalue weighted by atomic mass is 9.90. The van der Waals surface area contributed by atoms with Gasteiger partial charge in [0, 0.05) is 11.1 Å². The Labute approximate surface area is 231 Å². The zero-order valence-electron chi connectivity index (χ0n) is 22.7. The fourth-order valence-corrected chi connectivity index (χ4v) is 4.97. The van der Waals surface area contributed by atoms with Crippen molar-refractivity contribution in [2.45, 2.75) is 42.7 Å². The van der Waals surface area contributed by atoms with Gasteiger partial charge in [-0.1, -0.05) is 12.2 Å². The Morgan fingerprint density at radius 3 is 2.05 bits per heavy atom. The predicted molar refractivity (Wildman–Crippen MR) is 141 cm³/mol. The smallest absolute Gasteiger partial charge is 0.203 e. The molecule has 0 aliphatic carbocycles. The van der Waals surface area contributed by atoms with E-state index in [0.717, 1.165) is 16.7 Å². The van der Waals surface area contributed by atoms with Crippen LogP contribution in [0.5, 0.6) is 28.7 Å². The lowest BCUT2D eigenvalue weighted by Crippen LogP contribution is -2.59. The average molecular weight is 565 g/mol. The highest BCUT2D eigenvalue weighted by molar-refractivity contribution is 5.63. The molecule has 0 aromatic heterocycles. The van der Waals surface area contributed by atoms with E-state index in [2.05, 4.69) is 0 Å². The molecule has 0 saturated carbocycles. The van der Waals surface area contributed by atoms with Gasteiger partial charge in [-0.25, -0.2) is 0 Å². The van der Waals surface area contributed by atoms with Crippen molar-refractivity contribution in [3.8, 4) is 28.7 Å². The lowest BCUT2D eigenvalue weighted by Gasteiger charge is -2.39. The van der Waals surface area contributed by atoms with Crippen molar-refractivity contribution in [3.05, 3.63) is 47.0 Å². The third-order valence-electron chi connectivity index (χ3n) is 7.06. The number of rotatable bonds is 11. The summed E-state index contributed by atoms with van der Waals surface area (Å²) < 4.78 is 39.2. The van der Waals surface area contributed by atoms with Gasteiger partial charge < -0.3 is 58.7 Å². The van der Waals surface area contributed by atoms with Crippen LogP contribution in [0, 0.1) is 0 Å². The summed E-state index contributed by atoms with van der Waals surface area (Å²) in [6, 6.07) is 7.21. The topological polar surface area (TPSA) is 166 Å². The van der Waals surface area contributed by atoms with Gasteiger partial charge in [0.1, 0.15) is 30.5 Å². The van der Waals surface area contributed by atoms with Gasteiger partial charge in [-0.2, -0.15) is 0 Å². The second-order valence-corrected chi connectivity index (χ2v) is 9.36. The first-order valence-electron chi connectivity index (χ1n) is 12.7. The molecule has 0 unspecified atom stereocenters. The number of fused-ring (bicyclic) bond motifs is 1. The summed E-state index contributed by atoms with van der Waals surface area (Å²) >= 11 is 0. The zero-order chi connectivity index (χ0) is 29.0. The molecule has 40 heavy (non-hydrogen) atoms. The molecule has 220 valence electrons. The maximum atomic E-state index is 10.4. The van der Waals surface area contributed by atoms with E-state index in [-0.39, 0.29) is 13.2 Å². The second kappa shape index (κ2) is 13.0. The van der Waals surface area contributed by atoms with Crippen LogP contribution < -0.4 is 23.7 Å². The summed E-state index contributed by atoms with van der Waals surface area (Å²) in [5.41, 5.74) is 2.20. The minimum Gasteiger partial charge on any atom is -0.493 e. The molecular weight excluding hydrogens is 528 g/mol. The molecule has 12 nitrogen and oxygen atoms in total. The Hall–Kier alpha value is -3.10. The van der Waals surface area contributed by atoms with Crippen LogP contribution in [0.4, 0.5) is 0 Å². The second-order valence-electron chi connectivity index (χ2n) is 9.36. The van der Waals surface area contributed by atoms with Crippen molar-refractivity contribution < 1.29 is 58.7 Å². The summed E-state index contributed by atoms with van der Waals surface area (Å²) in [5, 5.41) is 49.7. The Morgan fingerprint density at radius 1 is 0.800 bits per heavy atom. The number of aliphatic hydroxyl groups excluding tert-OH is 5. The lowest BCUT2D eigenvalue weighted by molar-refractivity contribution is -0.298. The molecule has 12 heteroatoms.